The van der Waals surface area contributed by atoms with Crippen molar-refractivity contribution in [2.24, 2.45) is 11.3 Å². The molecule has 1 aliphatic carbocycles. The third-order valence-corrected chi connectivity index (χ3v) is 4.64. The van der Waals surface area contributed by atoms with Crippen LogP contribution in [0.25, 0.3) is 0 Å². The summed E-state index contributed by atoms with van der Waals surface area (Å²) in [7, 11) is 0. The van der Waals surface area contributed by atoms with Crippen molar-refractivity contribution in [2.75, 3.05) is 19.7 Å². The number of likely N-dealkylation sites (tertiary alicyclic amines) is 1. The van der Waals surface area contributed by atoms with Gasteiger partial charge in [0.1, 0.15) is 5.60 Å². The first kappa shape index (κ1) is 17.1. The third kappa shape index (κ3) is 3.92. The van der Waals surface area contributed by atoms with Crippen molar-refractivity contribution in [2.45, 2.75) is 52.6 Å². The van der Waals surface area contributed by atoms with Crippen LogP contribution in [0.2, 0.25) is 0 Å². The predicted octanol–water partition coefficient (Wildman–Crippen LogP) is 3.52. The zero-order valence-corrected chi connectivity index (χ0v) is 14.3. The molecule has 2 rings (SSSR count). The summed E-state index contributed by atoms with van der Waals surface area (Å²) in [6.45, 7) is 9.29. The summed E-state index contributed by atoms with van der Waals surface area (Å²) in [4.78, 5) is 13.9. The fourth-order valence-electron chi connectivity index (χ4n) is 3.26. The highest BCUT2D eigenvalue weighted by Crippen LogP contribution is 2.42. The molecule has 0 radical (unpaired) electrons. The first-order valence-electron chi connectivity index (χ1n) is 8.22. The van der Waals surface area contributed by atoms with E-state index in [-0.39, 0.29) is 18.1 Å². The van der Waals surface area contributed by atoms with Gasteiger partial charge in [0.15, 0.2) is 0 Å². The van der Waals surface area contributed by atoms with E-state index in [0.717, 1.165) is 19.3 Å². The lowest BCUT2D eigenvalue weighted by Crippen LogP contribution is -2.47. The highest BCUT2D eigenvalue weighted by Gasteiger charge is 2.39. The molecule has 0 spiro atoms. The lowest BCUT2D eigenvalue weighted by molar-refractivity contribution is 0.00620. The summed E-state index contributed by atoms with van der Waals surface area (Å²) in [5, 5.41) is 9.99. The topological polar surface area (TPSA) is 49.8 Å². The number of allylic oxidation sites excluding steroid dienone is 3. The van der Waals surface area contributed by atoms with E-state index >= 15 is 0 Å². The molecule has 1 unspecified atom stereocenters. The molecule has 1 aliphatic heterocycles. The summed E-state index contributed by atoms with van der Waals surface area (Å²) >= 11 is 0. The molecule has 1 heterocycles. The predicted molar refractivity (Wildman–Crippen MR) is 87.6 cm³/mol. The zero-order valence-electron chi connectivity index (χ0n) is 14.3. The van der Waals surface area contributed by atoms with Crippen LogP contribution in [0.1, 0.15) is 47.0 Å². The van der Waals surface area contributed by atoms with Gasteiger partial charge in [-0.05, 0) is 46.0 Å². The van der Waals surface area contributed by atoms with E-state index in [9.17, 15) is 9.90 Å². The Morgan fingerprint density at radius 1 is 1.41 bits per heavy atom. The van der Waals surface area contributed by atoms with Gasteiger partial charge in [-0.15, -0.1) is 0 Å². The second-order valence-electron chi connectivity index (χ2n) is 7.66. The SMILES string of the molecule is CC1C=CC=C(C2(CO)CCN(C(=O)OC(C)(C)C)CC2)C1. The molecule has 1 amide bonds. The van der Waals surface area contributed by atoms with Crippen molar-refractivity contribution in [3.63, 3.8) is 0 Å². The molecule has 1 N–H and O–H groups in total. The molecule has 1 saturated heterocycles. The molecule has 1 fully saturated rings. The normalized spacial score (nSPS) is 24.9. The molecule has 22 heavy (non-hydrogen) atoms. The Morgan fingerprint density at radius 3 is 2.55 bits per heavy atom. The Morgan fingerprint density at radius 2 is 2.05 bits per heavy atom. The molecular formula is C18H29NO3. The van der Waals surface area contributed by atoms with E-state index in [4.69, 9.17) is 4.74 Å². The number of piperidine rings is 1. The van der Waals surface area contributed by atoms with Crippen LogP contribution in [0.15, 0.2) is 23.8 Å². The molecule has 0 aromatic heterocycles. The minimum absolute atomic E-state index is 0.154. The van der Waals surface area contributed by atoms with Gasteiger partial charge in [-0.3, -0.25) is 0 Å². The van der Waals surface area contributed by atoms with Crippen LogP contribution >= 0.6 is 0 Å². The zero-order chi connectivity index (χ0) is 16.4. The van der Waals surface area contributed by atoms with Crippen LogP contribution in [-0.4, -0.2) is 41.4 Å². The molecule has 0 aromatic carbocycles. The molecular weight excluding hydrogens is 278 g/mol. The largest absolute Gasteiger partial charge is 0.444 e. The van der Waals surface area contributed by atoms with Crippen molar-refractivity contribution in [3.05, 3.63) is 23.8 Å². The average Bonchev–Trinajstić information content (AvgIpc) is 2.45. The van der Waals surface area contributed by atoms with E-state index in [1.165, 1.54) is 5.57 Å². The summed E-state index contributed by atoms with van der Waals surface area (Å²) in [6.07, 6.45) is 8.81. The van der Waals surface area contributed by atoms with E-state index in [0.29, 0.717) is 19.0 Å². The average molecular weight is 307 g/mol. The minimum Gasteiger partial charge on any atom is -0.444 e. The van der Waals surface area contributed by atoms with Gasteiger partial charge in [0, 0.05) is 18.5 Å². The minimum atomic E-state index is -0.464. The fraction of sp³-hybridized carbons (Fsp3) is 0.722. The first-order chi connectivity index (χ1) is 10.3. The number of hydrogen-bond donors (Lipinski definition) is 1. The van der Waals surface area contributed by atoms with Crippen LogP contribution in [0, 0.1) is 11.3 Å². The van der Waals surface area contributed by atoms with Gasteiger partial charge in [-0.1, -0.05) is 30.7 Å². The van der Waals surface area contributed by atoms with Crippen molar-refractivity contribution < 1.29 is 14.6 Å². The van der Waals surface area contributed by atoms with Gasteiger partial charge in [-0.2, -0.15) is 0 Å². The Kier molecular flexibility index (Phi) is 5.00. The van der Waals surface area contributed by atoms with Crippen molar-refractivity contribution in [1.29, 1.82) is 0 Å². The Hall–Kier alpha value is -1.29. The van der Waals surface area contributed by atoms with Gasteiger partial charge < -0.3 is 14.7 Å². The maximum Gasteiger partial charge on any atom is 0.410 e. The number of hydrogen-bond acceptors (Lipinski definition) is 3. The number of rotatable bonds is 2. The standard InChI is InChI=1S/C18H29NO3/c1-14-6-5-7-15(12-14)18(13-20)8-10-19(11-9-18)16(21)22-17(2,3)4/h5-7,14,20H,8-13H2,1-4H3. The summed E-state index contributed by atoms with van der Waals surface area (Å²) in [5.74, 6) is 0.521. The maximum absolute atomic E-state index is 12.2. The molecule has 2 aliphatic rings. The Labute approximate surface area is 133 Å². The molecule has 0 aromatic rings. The number of carbonyl (C=O) groups excluding carboxylic acids is 1. The summed E-state index contributed by atoms with van der Waals surface area (Å²) in [6, 6.07) is 0. The van der Waals surface area contributed by atoms with E-state index in [1.807, 2.05) is 20.8 Å². The van der Waals surface area contributed by atoms with Crippen molar-refractivity contribution in [1.82, 2.24) is 4.90 Å². The highest BCUT2D eigenvalue weighted by molar-refractivity contribution is 5.68. The van der Waals surface area contributed by atoms with Crippen LogP contribution < -0.4 is 0 Å². The quantitative estimate of drug-likeness (QED) is 0.849. The first-order valence-corrected chi connectivity index (χ1v) is 8.22. The number of aliphatic hydroxyl groups excluding tert-OH is 1. The monoisotopic (exact) mass is 307 g/mol. The van der Waals surface area contributed by atoms with Crippen LogP contribution in [0.5, 0.6) is 0 Å². The molecule has 0 saturated carbocycles. The number of aliphatic hydroxyl groups is 1. The maximum atomic E-state index is 12.2. The van der Waals surface area contributed by atoms with Crippen molar-refractivity contribution in [3.8, 4) is 0 Å². The second-order valence-corrected chi connectivity index (χ2v) is 7.66. The molecule has 4 heteroatoms. The lowest BCUT2D eigenvalue weighted by Gasteiger charge is -2.43. The molecule has 124 valence electrons. The number of carbonyl (C=O) groups is 1. The fourth-order valence-corrected chi connectivity index (χ4v) is 3.26. The number of amides is 1. The molecule has 1 atom stereocenters. The van der Waals surface area contributed by atoms with Gasteiger partial charge in [0.25, 0.3) is 0 Å². The van der Waals surface area contributed by atoms with Gasteiger partial charge in [-0.25, -0.2) is 4.79 Å². The van der Waals surface area contributed by atoms with E-state index in [1.54, 1.807) is 4.90 Å². The second kappa shape index (κ2) is 6.45. The number of ether oxygens (including phenoxy) is 1. The van der Waals surface area contributed by atoms with E-state index < -0.39 is 5.60 Å². The Balaban J connectivity index is 2.01. The lowest BCUT2D eigenvalue weighted by atomic mass is 9.69. The van der Waals surface area contributed by atoms with Crippen molar-refractivity contribution >= 4 is 6.09 Å². The summed E-state index contributed by atoms with van der Waals surface area (Å²) < 4.78 is 5.44. The van der Waals surface area contributed by atoms with Gasteiger partial charge in [0.2, 0.25) is 0 Å². The third-order valence-electron chi connectivity index (χ3n) is 4.64. The molecule has 0 bridgehead atoms. The molecule has 4 nitrogen and oxygen atoms in total. The smallest absolute Gasteiger partial charge is 0.410 e. The van der Waals surface area contributed by atoms with Gasteiger partial charge in [0.05, 0.1) is 6.61 Å². The van der Waals surface area contributed by atoms with Crippen LogP contribution in [-0.2, 0) is 4.74 Å². The highest BCUT2D eigenvalue weighted by atomic mass is 16.6. The summed E-state index contributed by atoms with van der Waals surface area (Å²) in [5.41, 5.74) is 0.695. The van der Waals surface area contributed by atoms with Crippen LogP contribution in [0.3, 0.4) is 0 Å². The van der Waals surface area contributed by atoms with Gasteiger partial charge >= 0.3 is 6.09 Å². The number of nitrogens with zero attached hydrogens (tertiary/aromatic N) is 1. The van der Waals surface area contributed by atoms with Crippen LogP contribution in [0.4, 0.5) is 4.79 Å². The van der Waals surface area contributed by atoms with E-state index in [2.05, 4.69) is 25.2 Å². The Bertz CT molecular complexity index is 465.